The summed E-state index contributed by atoms with van der Waals surface area (Å²) in [6.07, 6.45) is 0.237. The molecule has 0 spiro atoms. The zero-order valence-electron chi connectivity index (χ0n) is 10.2. The topological polar surface area (TPSA) is 55.5 Å². The van der Waals surface area contributed by atoms with Crippen LogP contribution in [0, 0.1) is 0 Å². The molecule has 0 aliphatic carbocycles. The molecular weight excluding hydrogens is 202 g/mol. The van der Waals surface area contributed by atoms with E-state index in [1.807, 2.05) is 31.2 Å². The normalized spacial score (nSPS) is 16.6. The zero-order valence-corrected chi connectivity index (χ0v) is 10.2. The molecule has 1 rings (SSSR count). The van der Waals surface area contributed by atoms with Gasteiger partial charge in [-0.2, -0.15) is 0 Å². The van der Waals surface area contributed by atoms with Crippen LogP contribution in [0.3, 0.4) is 0 Å². The van der Waals surface area contributed by atoms with E-state index in [0.717, 1.165) is 5.75 Å². The fourth-order valence-corrected chi connectivity index (χ4v) is 1.65. The van der Waals surface area contributed by atoms with Crippen molar-refractivity contribution in [3.8, 4) is 5.75 Å². The second kappa shape index (κ2) is 5.87. The highest BCUT2D eigenvalue weighted by molar-refractivity contribution is 5.29. The predicted molar refractivity (Wildman–Crippen MR) is 65.7 cm³/mol. The van der Waals surface area contributed by atoms with Gasteiger partial charge in [0.1, 0.15) is 5.75 Å². The summed E-state index contributed by atoms with van der Waals surface area (Å²) in [7, 11) is 1.65. The van der Waals surface area contributed by atoms with Gasteiger partial charge in [-0.25, -0.2) is 0 Å². The van der Waals surface area contributed by atoms with Crippen molar-refractivity contribution in [2.24, 2.45) is 5.73 Å². The first-order valence-electron chi connectivity index (χ1n) is 5.62. The van der Waals surface area contributed by atoms with E-state index < -0.39 is 6.10 Å². The van der Waals surface area contributed by atoms with Gasteiger partial charge in [0.2, 0.25) is 0 Å². The molecule has 0 fully saturated rings. The van der Waals surface area contributed by atoms with Crippen LogP contribution in [0.5, 0.6) is 5.75 Å². The summed E-state index contributed by atoms with van der Waals surface area (Å²) in [5.74, 6) is 1.15. The Kier molecular flexibility index (Phi) is 4.77. The van der Waals surface area contributed by atoms with Gasteiger partial charge in [-0.1, -0.05) is 19.1 Å². The molecule has 0 radical (unpaired) electrons. The minimum atomic E-state index is -0.447. The summed E-state index contributed by atoms with van der Waals surface area (Å²) in [6, 6.07) is 7.74. The van der Waals surface area contributed by atoms with Gasteiger partial charge in [0.05, 0.1) is 13.2 Å². The summed E-state index contributed by atoms with van der Waals surface area (Å²) < 4.78 is 5.10. The number of rotatable bonds is 5. The van der Waals surface area contributed by atoms with Crippen LogP contribution in [0.4, 0.5) is 0 Å². The van der Waals surface area contributed by atoms with Crippen molar-refractivity contribution in [1.29, 1.82) is 0 Å². The third kappa shape index (κ3) is 3.51. The van der Waals surface area contributed by atoms with Crippen LogP contribution in [0.15, 0.2) is 24.3 Å². The number of methoxy groups -OCH3 is 1. The van der Waals surface area contributed by atoms with Crippen molar-refractivity contribution in [3.63, 3.8) is 0 Å². The SMILES string of the molecule is COc1ccc(C(C)CC(O)C(C)N)cc1. The highest BCUT2D eigenvalue weighted by Gasteiger charge is 2.15. The molecule has 16 heavy (non-hydrogen) atoms. The third-order valence-electron chi connectivity index (χ3n) is 2.89. The molecule has 3 unspecified atom stereocenters. The molecule has 1 aromatic rings. The van der Waals surface area contributed by atoms with E-state index in [9.17, 15) is 5.11 Å². The molecule has 3 nitrogen and oxygen atoms in total. The molecular formula is C13H21NO2. The minimum absolute atomic E-state index is 0.180. The van der Waals surface area contributed by atoms with Crippen molar-refractivity contribution < 1.29 is 9.84 Å². The molecule has 3 atom stereocenters. The third-order valence-corrected chi connectivity index (χ3v) is 2.89. The second-order valence-corrected chi connectivity index (χ2v) is 4.34. The monoisotopic (exact) mass is 223 g/mol. The van der Waals surface area contributed by atoms with Gasteiger partial charge >= 0.3 is 0 Å². The van der Waals surface area contributed by atoms with E-state index in [1.54, 1.807) is 7.11 Å². The van der Waals surface area contributed by atoms with Gasteiger partial charge in [-0.05, 0) is 37.0 Å². The van der Waals surface area contributed by atoms with Crippen molar-refractivity contribution >= 4 is 0 Å². The molecule has 3 heteroatoms. The fraction of sp³-hybridized carbons (Fsp3) is 0.538. The van der Waals surface area contributed by atoms with Crippen molar-refractivity contribution in [1.82, 2.24) is 0 Å². The van der Waals surface area contributed by atoms with Crippen LogP contribution >= 0.6 is 0 Å². The highest BCUT2D eigenvalue weighted by atomic mass is 16.5. The first kappa shape index (κ1) is 13.0. The Bertz CT molecular complexity index is 308. The molecule has 90 valence electrons. The molecule has 3 N–H and O–H groups in total. The van der Waals surface area contributed by atoms with Gasteiger partial charge in [0.25, 0.3) is 0 Å². The smallest absolute Gasteiger partial charge is 0.118 e. The van der Waals surface area contributed by atoms with Crippen LogP contribution in [-0.2, 0) is 0 Å². The van der Waals surface area contributed by atoms with Crippen LogP contribution in [0.25, 0.3) is 0 Å². The van der Waals surface area contributed by atoms with Gasteiger partial charge in [0, 0.05) is 6.04 Å². The highest BCUT2D eigenvalue weighted by Crippen LogP contribution is 2.23. The molecule has 0 amide bonds. The summed E-state index contributed by atoms with van der Waals surface area (Å²) in [5, 5.41) is 9.71. The summed E-state index contributed by atoms with van der Waals surface area (Å²) in [4.78, 5) is 0. The van der Waals surface area contributed by atoms with E-state index in [1.165, 1.54) is 5.56 Å². The Labute approximate surface area is 97.2 Å². The van der Waals surface area contributed by atoms with Crippen LogP contribution in [0.2, 0.25) is 0 Å². The Morgan fingerprint density at radius 2 is 1.81 bits per heavy atom. The molecule has 0 heterocycles. The summed E-state index contributed by atoms with van der Waals surface area (Å²) in [5.41, 5.74) is 6.83. The zero-order chi connectivity index (χ0) is 12.1. The molecule has 0 aliphatic rings. The van der Waals surface area contributed by atoms with Gasteiger partial charge in [0.15, 0.2) is 0 Å². The lowest BCUT2D eigenvalue weighted by molar-refractivity contribution is 0.134. The molecule has 0 aromatic heterocycles. The van der Waals surface area contributed by atoms with E-state index in [2.05, 4.69) is 6.92 Å². The number of hydrogen-bond donors (Lipinski definition) is 2. The van der Waals surface area contributed by atoms with E-state index in [4.69, 9.17) is 10.5 Å². The summed E-state index contributed by atoms with van der Waals surface area (Å²) in [6.45, 7) is 3.92. The number of nitrogens with two attached hydrogens (primary N) is 1. The number of ether oxygens (including phenoxy) is 1. The molecule has 0 saturated carbocycles. The quantitative estimate of drug-likeness (QED) is 0.801. The van der Waals surface area contributed by atoms with Gasteiger partial charge in [-0.15, -0.1) is 0 Å². The van der Waals surface area contributed by atoms with Gasteiger partial charge in [-0.3, -0.25) is 0 Å². The Balaban J connectivity index is 2.62. The van der Waals surface area contributed by atoms with Crippen molar-refractivity contribution in [3.05, 3.63) is 29.8 Å². The number of benzene rings is 1. The standard InChI is InChI=1S/C13H21NO2/c1-9(8-13(15)10(2)14)11-4-6-12(16-3)7-5-11/h4-7,9-10,13,15H,8,14H2,1-3H3. The lowest BCUT2D eigenvalue weighted by atomic mass is 9.93. The largest absolute Gasteiger partial charge is 0.497 e. The van der Waals surface area contributed by atoms with Crippen molar-refractivity contribution in [2.45, 2.75) is 38.3 Å². The average Bonchev–Trinajstić information content (AvgIpc) is 2.28. The maximum absolute atomic E-state index is 9.71. The number of aliphatic hydroxyl groups excluding tert-OH is 1. The lowest BCUT2D eigenvalue weighted by Crippen LogP contribution is -2.32. The van der Waals surface area contributed by atoms with Crippen molar-refractivity contribution in [2.75, 3.05) is 7.11 Å². The molecule has 0 aliphatic heterocycles. The molecule has 0 bridgehead atoms. The van der Waals surface area contributed by atoms with Gasteiger partial charge < -0.3 is 15.6 Å². The first-order valence-corrected chi connectivity index (χ1v) is 5.62. The second-order valence-electron chi connectivity index (χ2n) is 4.34. The molecule has 1 aromatic carbocycles. The van der Waals surface area contributed by atoms with E-state index in [0.29, 0.717) is 12.3 Å². The Hall–Kier alpha value is -1.06. The van der Waals surface area contributed by atoms with Crippen LogP contribution < -0.4 is 10.5 Å². The Morgan fingerprint density at radius 1 is 1.25 bits per heavy atom. The molecule has 0 saturated heterocycles. The summed E-state index contributed by atoms with van der Waals surface area (Å²) >= 11 is 0. The maximum atomic E-state index is 9.71. The number of hydrogen-bond acceptors (Lipinski definition) is 3. The average molecular weight is 223 g/mol. The minimum Gasteiger partial charge on any atom is -0.497 e. The van der Waals surface area contributed by atoms with E-state index >= 15 is 0 Å². The van der Waals surface area contributed by atoms with Crippen LogP contribution in [-0.4, -0.2) is 24.4 Å². The number of aliphatic hydroxyl groups is 1. The maximum Gasteiger partial charge on any atom is 0.118 e. The lowest BCUT2D eigenvalue weighted by Gasteiger charge is -2.19. The first-order chi connectivity index (χ1) is 7.54. The van der Waals surface area contributed by atoms with Crippen LogP contribution in [0.1, 0.15) is 31.7 Å². The fourth-order valence-electron chi connectivity index (χ4n) is 1.65. The van der Waals surface area contributed by atoms with E-state index in [-0.39, 0.29) is 6.04 Å². The Morgan fingerprint density at radius 3 is 2.25 bits per heavy atom. The predicted octanol–water partition coefficient (Wildman–Crippen LogP) is 1.90.